The van der Waals surface area contributed by atoms with Crippen molar-refractivity contribution >= 4 is 13.8 Å². The first-order chi connectivity index (χ1) is 13.8. The van der Waals surface area contributed by atoms with Gasteiger partial charge in [-0.05, 0) is 12.5 Å². The van der Waals surface area contributed by atoms with Crippen LogP contribution in [-0.4, -0.2) is 45.3 Å². The summed E-state index contributed by atoms with van der Waals surface area (Å²) < 4.78 is 60.7. The lowest BCUT2D eigenvalue weighted by atomic mass is 10.0. The fraction of sp³-hybridized carbons (Fsp3) is 0.647. The lowest BCUT2D eigenvalue weighted by Crippen LogP contribution is -2.22. The van der Waals surface area contributed by atoms with Crippen LogP contribution >= 0.6 is 0 Å². The number of ether oxygens (including phenoxy) is 1. The summed E-state index contributed by atoms with van der Waals surface area (Å²) in [6.07, 6.45) is -3.29. The van der Waals surface area contributed by atoms with Gasteiger partial charge in [0.2, 0.25) is 0 Å². The zero-order valence-electron chi connectivity index (χ0n) is 17.2. The molecule has 2 aromatic rings. The van der Waals surface area contributed by atoms with Crippen LogP contribution in [0.1, 0.15) is 30.6 Å². The van der Waals surface area contributed by atoms with Crippen molar-refractivity contribution in [3.8, 4) is 0 Å². The van der Waals surface area contributed by atoms with Crippen LogP contribution in [0.25, 0.3) is 0 Å². The molecule has 0 spiro atoms. The summed E-state index contributed by atoms with van der Waals surface area (Å²) in [5.41, 5.74) is -0.921. The Bertz CT molecular complexity index is 876. The average molecular weight is 451 g/mol. The van der Waals surface area contributed by atoms with E-state index in [-0.39, 0.29) is 24.4 Å². The van der Waals surface area contributed by atoms with Gasteiger partial charge in [0.05, 0.1) is 23.1 Å². The number of aromatic nitrogens is 4. The van der Waals surface area contributed by atoms with E-state index in [4.69, 9.17) is 4.74 Å². The molecule has 0 radical (unpaired) electrons. The van der Waals surface area contributed by atoms with Crippen LogP contribution in [0.2, 0.25) is 25.7 Å². The summed E-state index contributed by atoms with van der Waals surface area (Å²) in [4.78, 5) is 9.96. The molecule has 0 N–H and O–H groups in total. The maximum Gasteiger partial charge on any atom is 0.394 e. The quantitative estimate of drug-likeness (QED) is 0.174. The molecule has 168 valence electrons. The van der Waals surface area contributed by atoms with E-state index >= 15 is 0 Å². The third-order valence-corrected chi connectivity index (χ3v) is 6.09. The molecule has 0 aromatic carbocycles. The monoisotopic (exact) mass is 451 g/mol. The zero-order chi connectivity index (χ0) is 22.7. The van der Waals surface area contributed by atoms with Crippen molar-refractivity contribution in [2.24, 2.45) is 0 Å². The Labute approximate surface area is 172 Å². The Hall–Kier alpha value is -2.28. The summed E-state index contributed by atoms with van der Waals surface area (Å²) in [5, 5.41) is 18.4. The van der Waals surface area contributed by atoms with Gasteiger partial charge >= 0.3 is 17.8 Å². The van der Waals surface area contributed by atoms with Crippen LogP contribution in [0.4, 0.5) is 23.2 Å². The van der Waals surface area contributed by atoms with Gasteiger partial charge in [-0.3, -0.25) is 14.8 Å². The second kappa shape index (κ2) is 9.25. The average Bonchev–Trinajstić information content (AvgIpc) is 3.14. The number of rotatable bonds is 10. The minimum absolute atomic E-state index is 0.0284. The summed E-state index contributed by atoms with van der Waals surface area (Å²) >= 11 is 0. The van der Waals surface area contributed by atoms with E-state index in [0.29, 0.717) is 6.61 Å². The lowest BCUT2D eigenvalue weighted by molar-refractivity contribution is -0.387. The van der Waals surface area contributed by atoms with Crippen molar-refractivity contribution in [2.45, 2.75) is 64.4 Å². The molecule has 0 bridgehead atoms. The van der Waals surface area contributed by atoms with Gasteiger partial charge in [0, 0.05) is 26.4 Å². The van der Waals surface area contributed by atoms with Gasteiger partial charge < -0.3 is 4.74 Å². The van der Waals surface area contributed by atoms with Crippen molar-refractivity contribution < 1.29 is 27.2 Å². The van der Waals surface area contributed by atoms with Crippen molar-refractivity contribution in [3.63, 3.8) is 0 Å². The third kappa shape index (κ3) is 6.62. The molecule has 0 amide bonds. The van der Waals surface area contributed by atoms with E-state index < -0.39 is 43.3 Å². The molecular formula is C17H25F4N5O3Si. The number of hydrogen-bond acceptors (Lipinski definition) is 5. The molecule has 1 unspecified atom stereocenters. The normalized spacial score (nSPS) is 13.6. The third-order valence-electron chi connectivity index (χ3n) is 4.39. The fourth-order valence-corrected chi connectivity index (χ4v) is 3.63. The van der Waals surface area contributed by atoms with Gasteiger partial charge in [0.15, 0.2) is 0 Å². The first-order valence-corrected chi connectivity index (χ1v) is 13.1. The van der Waals surface area contributed by atoms with Crippen molar-refractivity contribution in [1.82, 2.24) is 19.6 Å². The van der Waals surface area contributed by atoms with Gasteiger partial charge in [0.1, 0.15) is 12.9 Å². The number of hydrogen-bond donors (Lipinski definition) is 0. The fourth-order valence-electron chi connectivity index (χ4n) is 2.88. The second-order valence-corrected chi connectivity index (χ2v) is 13.8. The molecule has 13 heteroatoms. The molecule has 8 nitrogen and oxygen atoms in total. The van der Waals surface area contributed by atoms with E-state index in [9.17, 15) is 27.7 Å². The number of alkyl halides is 3. The molecule has 0 aliphatic carbocycles. The van der Waals surface area contributed by atoms with Crippen molar-refractivity contribution in [2.75, 3.05) is 6.61 Å². The predicted molar refractivity (Wildman–Crippen MR) is 103 cm³/mol. The minimum atomic E-state index is -4.51. The van der Waals surface area contributed by atoms with Gasteiger partial charge in [-0.15, -0.1) is 5.10 Å². The topological polar surface area (TPSA) is 88.0 Å². The molecule has 1 atom stereocenters. The first-order valence-electron chi connectivity index (χ1n) is 9.40. The van der Waals surface area contributed by atoms with Gasteiger partial charge in [-0.1, -0.05) is 26.6 Å². The highest BCUT2D eigenvalue weighted by Crippen LogP contribution is 2.30. The van der Waals surface area contributed by atoms with Crippen LogP contribution in [0.15, 0.2) is 12.4 Å². The summed E-state index contributed by atoms with van der Waals surface area (Å²) in [6, 6.07) is 0.0472. The van der Waals surface area contributed by atoms with Gasteiger partial charge in [0.25, 0.3) is 0 Å². The van der Waals surface area contributed by atoms with E-state index in [0.717, 1.165) is 16.9 Å². The van der Waals surface area contributed by atoms with Crippen LogP contribution in [0.3, 0.4) is 0 Å². The molecule has 2 heterocycles. The highest BCUT2D eigenvalue weighted by Gasteiger charge is 2.33. The zero-order valence-corrected chi connectivity index (χ0v) is 18.2. The largest absolute Gasteiger partial charge is 0.394 e. The molecule has 0 aliphatic rings. The lowest BCUT2D eigenvalue weighted by Gasteiger charge is -2.16. The van der Waals surface area contributed by atoms with Crippen LogP contribution in [0.5, 0.6) is 0 Å². The van der Waals surface area contributed by atoms with E-state index in [1.165, 1.54) is 10.9 Å². The Morgan fingerprint density at radius 2 is 1.93 bits per heavy atom. The Morgan fingerprint density at radius 1 is 1.27 bits per heavy atom. The van der Waals surface area contributed by atoms with Crippen LogP contribution in [0, 0.1) is 16.1 Å². The van der Waals surface area contributed by atoms with Crippen LogP contribution in [-0.2, 0) is 17.9 Å². The molecule has 2 rings (SSSR count). The molecule has 2 aromatic heterocycles. The Balaban J connectivity index is 2.31. The Kier molecular flexibility index (Phi) is 7.39. The van der Waals surface area contributed by atoms with E-state index in [1.54, 1.807) is 6.92 Å². The highest BCUT2D eigenvalue weighted by molar-refractivity contribution is 6.76. The van der Waals surface area contributed by atoms with Gasteiger partial charge in [-0.2, -0.15) is 22.7 Å². The predicted octanol–water partition coefficient (Wildman–Crippen LogP) is 4.54. The number of nitrogens with zero attached hydrogens (tertiary/aromatic N) is 5. The second-order valence-electron chi connectivity index (χ2n) is 8.18. The summed E-state index contributed by atoms with van der Waals surface area (Å²) in [6.45, 7) is 8.64. The van der Waals surface area contributed by atoms with Crippen molar-refractivity contribution in [3.05, 3.63) is 39.7 Å². The van der Waals surface area contributed by atoms with E-state index in [1.807, 2.05) is 0 Å². The number of nitro groups is 1. The molecule has 0 saturated heterocycles. The maximum atomic E-state index is 13.8. The summed E-state index contributed by atoms with van der Waals surface area (Å²) in [5.74, 6) is -1.29. The standard InChI is InChI=1S/C17H25F4N5O3Si/c1-5-14(25-10-15(26(27)28)16(18)23-25)12-9-24(11-29-6-7-30(2,3)4)22-13(12)8-17(19,20)21/h9-10,14H,5-8,11H2,1-4H3. The van der Waals surface area contributed by atoms with Gasteiger partial charge in [-0.25, -0.2) is 4.68 Å². The molecule has 30 heavy (non-hydrogen) atoms. The smallest absolute Gasteiger partial charge is 0.360 e. The molecule has 0 saturated carbocycles. The van der Waals surface area contributed by atoms with Crippen molar-refractivity contribution in [1.29, 1.82) is 0 Å². The molecule has 0 fully saturated rings. The Morgan fingerprint density at radius 3 is 2.43 bits per heavy atom. The molecule has 0 aliphatic heterocycles. The highest BCUT2D eigenvalue weighted by atomic mass is 28.3. The SMILES string of the molecule is CCC(c1cn(COCC[Si](C)(C)C)nc1CC(F)(F)F)n1cc([N+](=O)[O-])c(F)n1. The summed E-state index contributed by atoms with van der Waals surface area (Å²) in [7, 11) is -1.32. The molecular weight excluding hydrogens is 426 g/mol. The first kappa shape index (κ1) is 24.0. The maximum absolute atomic E-state index is 13.8. The minimum Gasteiger partial charge on any atom is -0.360 e. The van der Waals surface area contributed by atoms with Crippen LogP contribution < -0.4 is 0 Å². The number of halogens is 4. The van der Waals surface area contributed by atoms with E-state index in [2.05, 4.69) is 29.8 Å².